The lowest BCUT2D eigenvalue weighted by atomic mass is 10.1. The van der Waals surface area contributed by atoms with Crippen molar-refractivity contribution in [3.63, 3.8) is 0 Å². The molecule has 0 bridgehead atoms. The molecule has 0 saturated carbocycles. The summed E-state index contributed by atoms with van der Waals surface area (Å²) >= 11 is 0. The Morgan fingerprint density at radius 1 is 1.15 bits per heavy atom. The first-order valence-corrected chi connectivity index (χ1v) is 6.50. The number of nitrogens with zero attached hydrogens (tertiary/aromatic N) is 2. The summed E-state index contributed by atoms with van der Waals surface area (Å²) in [6.07, 6.45) is 1.22. The predicted molar refractivity (Wildman–Crippen MR) is 77.7 cm³/mol. The highest BCUT2D eigenvalue weighted by Gasteiger charge is 2.11. The standard InChI is InChI=1S/C16H16N2O2/c1-20-14-8-6-12(7-9-14)16(19)11-18-15-5-3-2-4-13(15)10-17-18/h2-10,16,19H,11H2,1H3. The van der Waals surface area contributed by atoms with Crippen molar-refractivity contribution in [1.29, 1.82) is 0 Å². The van der Waals surface area contributed by atoms with Gasteiger partial charge in [-0.2, -0.15) is 5.10 Å². The number of fused-ring (bicyclic) bond motifs is 1. The fraction of sp³-hybridized carbons (Fsp3) is 0.188. The SMILES string of the molecule is COc1ccc(C(O)Cn2ncc3ccccc32)cc1. The van der Waals surface area contributed by atoms with E-state index in [0.29, 0.717) is 6.54 Å². The molecule has 1 aromatic heterocycles. The topological polar surface area (TPSA) is 47.3 Å². The van der Waals surface area contributed by atoms with Crippen LogP contribution in [0.3, 0.4) is 0 Å². The number of aliphatic hydroxyl groups is 1. The van der Waals surface area contributed by atoms with Gasteiger partial charge < -0.3 is 9.84 Å². The molecule has 1 atom stereocenters. The van der Waals surface area contributed by atoms with Crippen LogP contribution in [0.5, 0.6) is 5.75 Å². The van der Waals surface area contributed by atoms with Crippen LogP contribution in [0.25, 0.3) is 10.9 Å². The number of methoxy groups -OCH3 is 1. The fourth-order valence-corrected chi connectivity index (χ4v) is 2.27. The molecule has 0 fully saturated rings. The van der Waals surface area contributed by atoms with Crippen molar-refractivity contribution < 1.29 is 9.84 Å². The molecule has 0 saturated heterocycles. The second-order valence-electron chi connectivity index (χ2n) is 4.67. The van der Waals surface area contributed by atoms with Gasteiger partial charge in [0.1, 0.15) is 5.75 Å². The summed E-state index contributed by atoms with van der Waals surface area (Å²) in [6.45, 7) is 0.430. The molecule has 0 aliphatic heterocycles. The van der Waals surface area contributed by atoms with Crippen LogP contribution in [0, 0.1) is 0 Å². The van der Waals surface area contributed by atoms with E-state index < -0.39 is 6.10 Å². The molecule has 1 N–H and O–H groups in total. The number of aliphatic hydroxyl groups excluding tert-OH is 1. The molecule has 0 spiro atoms. The average molecular weight is 268 g/mol. The van der Waals surface area contributed by atoms with Crippen LogP contribution in [0.15, 0.2) is 54.7 Å². The van der Waals surface area contributed by atoms with Crippen molar-refractivity contribution in [2.24, 2.45) is 0 Å². The molecule has 0 aliphatic carbocycles. The first kappa shape index (κ1) is 12.7. The first-order valence-electron chi connectivity index (χ1n) is 6.50. The minimum atomic E-state index is -0.593. The molecule has 0 aliphatic rings. The van der Waals surface area contributed by atoms with E-state index in [1.165, 1.54) is 0 Å². The van der Waals surface area contributed by atoms with Crippen LogP contribution >= 0.6 is 0 Å². The molecule has 1 unspecified atom stereocenters. The lowest BCUT2D eigenvalue weighted by molar-refractivity contribution is 0.153. The predicted octanol–water partition coefficient (Wildman–Crippen LogP) is 2.78. The number of para-hydroxylation sites is 1. The van der Waals surface area contributed by atoms with Gasteiger partial charge in [-0.3, -0.25) is 4.68 Å². The van der Waals surface area contributed by atoms with Gasteiger partial charge >= 0.3 is 0 Å². The summed E-state index contributed by atoms with van der Waals surface area (Å²) in [7, 11) is 1.63. The van der Waals surface area contributed by atoms with Crippen LogP contribution in [-0.4, -0.2) is 22.0 Å². The van der Waals surface area contributed by atoms with E-state index in [9.17, 15) is 5.11 Å². The number of hydrogen-bond donors (Lipinski definition) is 1. The molecule has 3 rings (SSSR count). The lowest BCUT2D eigenvalue weighted by Crippen LogP contribution is -2.09. The Hall–Kier alpha value is -2.33. The van der Waals surface area contributed by atoms with E-state index in [1.54, 1.807) is 7.11 Å². The van der Waals surface area contributed by atoms with Gasteiger partial charge in [-0.05, 0) is 23.8 Å². The summed E-state index contributed by atoms with van der Waals surface area (Å²) in [5.74, 6) is 0.783. The Balaban J connectivity index is 1.82. The largest absolute Gasteiger partial charge is 0.497 e. The van der Waals surface area contributed by atoms with Gasteiger partial charge in [0.2, 0.25) is 0 Å². The van der Waals surface area contributed by atoms with E-state index in [0.717, 1.165) is 22.2 Å². The third-order valence-electron chi connectivity index (χ3n) is 3.40. The summed E-state index contributed by atoms with van der Waals surface area (Å²) < 4.78 is 6.94. The van der Waals surface area contributed by atoms with E-state index in [-0.39, 0.29) is 0 Å². The Kier molecular flexibility index (Phi) is 3.39. The van der Waals surface area contributed by atoms with Crippen molar-refractivity contribution in [2.75, 3.05) is 7.11 Å². The highest BCUT2D eigenvalue weighted by molar-refractivity contribution is 5.78. The zero-order valence-electron chi connectivity index (χ0n) is 11.2. The molecule has 4 heteroatoms. The normalized spacial score (nSPS) is 12.5. The van der Waals surface area contributed by atoms with E-state index in [1.807, 2.05) is 59.4 Å². The van der Waals surface area contributed by atoms with Crippen LogP contribution < -0.4 is 4.74 Å². The highest BCUT2D eigenvalue weighted by Crippen LogP contribution is 2.21. The molecule has 102 valence electrons. The Labute approximate surface area is 117 Å². The molecule has 1 heterocycles. The maximum atomic E-state index is 10.3. The molecular weight excluding hydrogens is 252 g/mol. The molecule has 2 aromatic carbocycles. The fourth-order valence-electron chi connectivity index (χ4n) is 2.27. The summed E-state index contributed by atoms with van der Waals surface area (Å²) in [5, 5.41) is 15.7. The van der Waals surface area contributed by atoms with Crippen molar-refractivity contribution in [3.8, 4) is 5.75 Å². The summed E-state index contributed by atoms with van der Waals surface area (Å²) in [4.78, 5) is 0. The third-order valence-corrected chi connectivity index (χ3v) is 3.40. The number of hydrogen-bond acceptors (Lipinski definition) is 3. The van der Waals surface area contributed by atoms with Gasteiger partial charge in [-0.25, -0.2) is 0 Å². The van der Waals surface area contributed by atoms with E-state index >= 15 is 0 Å². The Bertz CT molecular complexity index is 704. The Morgan fingerprint density at radius 3 is 2.65 bits per heavy atom. The van der Waals surface area contributed by atoms with E-state index in [4.69, 9.17) is 4.74 Å². The number of ether oxygens (including phenoxy) is 1. The summed E-state index contributed by atoms with van der Waals surface area (Å²) in [5.41, 5.74) is 1.88. The average Bonchev–Trinajstić information content (AvgIpc) is 2.91. The zero-order chi connectivity index (χ0) is 13.9. The van der Waals surface area contributed by atoms with Gasteiger partial charge in [0.05, 0.1) is 31.5 Å². The van der Waals surface area contributed by atoms with Gasteiger partial charge in [-0.1, -0.05) is 30.3 Å². The summed E-state index contributed by atoms with van der Waals surface area (Å²) in [6, 6.07) is 15.4. The van der Waals surface area contributed by atoms with Gasteiger partial charge in [0.15, 0.2) is 0 Å². The zero-order valence-corrected chi connectivity index (χ0v) is 11.2. The molecule has 3 aromatic rings. The third kappa shape index (κ3) is 2.38. The highest BCUT2D eigenvalue weighted by atomic mass is 16.5. The van der Waals surface area contributed by atoms with Crippen LogP contribution in [-0.2, 0) is 6.54 Å². The second-order valence-corrected chi connectivity index (χ2v) is 4.67. The molecule has 0 radical (unpaired) electrons. The van der Waals surface area contributed by atoms with Crippen molar-refractivity contribution in [2.45, 2.75) is 12.6 Å². The number of benzene rings is 2. The van der Waals surface area contributed by atoms with Crippen LogP contribution in [0.4, 0.5) is 0 Å². The minimum Gasteiger partial charge on any atom is -0.497 e. The van der Waals surface area contributed by atoms with Gasteiger partial charge in [0, 0.05) is 5.39 Å². The monoisotopic (exact) mass is 268 g/mol. The van der Waals surface area contributed by atoms with Crippen molar-refractivity contribution in [1.82, 2.24) is 9.78 Å². The quantitative estimate of drug-likeness (QED) is 0.791. The van der Waals surface area contributed by atoms with Crippen LogP contribution in [0.2, 0.25) is 0 Å². The first-order chi connectivity index (χ1) is 9.78. The smallest absolute Gasteiger partial charge is 0.118 e. The maximum Gasteiger partial charge on any atom is 0.118 e. The van der Waals surface area contributed by atoms with Gasteiger partial charge in [0.25, 0.3) is 0 Å². The maximum absolute atomic E-state index is 10.3. The molecular formula is C16H16N2O2. The van der Waals surface area contributed by atoms with Crippen LogP contribution in [0.1, 0.15) is 11.7 Å². The minimum absolute atomic E-state index is 0.430. The lowest BCUT2D eigenvalue weighted by Gasteiger charge is -2.12. The number of aromatic nitrogens is 2. The Morgan fingerprint density at radius 2 is 1.90 bits per heavy atom. The van der Waals surface area contributed by atoms with Gasteiger partial charge in [-0.15, -0.1) is 0 Å². The molecule has 4 nitrogen and oxygen atoms in total. The van der Waals surface area contributed by atoms with Crippen molar-refractivity contribution >= 4 is 10.9 Å². The number of rotatable bonds is 4. The van der Waals surface area contributed by atoms with E-state index in [2.05, 4.69) is 5.10 Å². The second kappa shape index (κ2) is 5.35. The molecule has 0 amide bonds. The molecule has 20 heavy (non-hydrogen) atoms. The van der Waals surface area contributed by atoms with Crippen molar-refractivity contribution in [3.05, 3.63) is 60.3 Å².